The fourth-order valence-electron chi connectivity index (χ4n) is 1.94. The van der Waals surface area contributed by atoms with E-state index in [2.05, 4.69) is 6.92 Å². The van der Waals surface area contributed by atoms with E-state index in [1.807, 2.05) is 0 Å². The van der Waals surface area contributed by atoms with Crippen LogP contribution in [0.1, 0.15) is 43.0 Å². The van der Waals surface area contributed by atoms with Crippen LogP contribution in [-0.2, 0) is 0 Å². The Morgan fingerprint density at radius 3 is 2.42 bits per heavy atom. The molecule has 0 radical (unpaired) electrons. The van der Waals surface area contributed by atoms with Gasteiger partial charge in [0.05, 0.1) is 6.61 Å². The normalized spacial score (nSPS) is 10.5. The number of carbonyl (C=O) groups excluding carboxylic acids is 1. The fourth-order valence-corrected chi connectivity index (χ4v) is 1.94. The minimum Gasteiger partial charge on any atom is -0.395 e. The first-order valence-corrected chi connectivity index (χ1v) is 6.84. The van der Waals surface area contributed by atoms with Gasteiger partial charge in [0.1, 0.15) is 5.82 Å². The standard InChI is InChI=1S/C15H22FNO2/c1-2-3-4-5-10-17(11-12-18)15(19)13-6-8-14(16)9-7-13/h6-9,18H,2-5,10-12H2,1H3. The predicted molar refractivity (Wildman–Crippen MR) is 73.5 cm³/mol. The van der Waals surface area contributed by atoms with Crippen molar-refractivity contribution in [1.82, 2.24) is 4.90 Å². The lowest BCUT2D eigenvalue weighted by molar-refractivity contribution is 0.0718. The maximum atomic E-state index is 12.8. The van der Waals surface area contributed by atoms with E-state index in [0.717, 1.165) is 25.7 Å². The highest BCUT2D eigenvalue weighted by Crippen LogP contribution is 2.09. The van der Waals surface area contributed by atoms with Gasteiger partial charge in [-0.2, -0.15) is 0 Å². The molecule has 1 aromatic rings. The van der Waals surface area contributed by atoms with Gasteiger partial charge >= 0.3 is 0 Å². The van der Waals surface area contributed by atoms with E-state index >= 15 is 0 Å². The molecule has 0 atom stereocenters. The molecule has 106 valence electrons. The van der Waals surface area contributed by atoms with E-state index in [0.29, 0.717) is 18.7 Å². The van der Waals surface area contributed by atoms with Gasteiger partial charge in [-0.25, -0.2) is 4.39 Å². The molecule has 0 aliphatic heterocycles. The maximum absolute atomic E-state index is 12.8. The van der Waals surface area contributed by atoms with Crippen LogP contribution in [0.25, 0.3) is 0 Å². The van der Waals surface area contributed by atoms with Crippen LogP contribution in [0.3, 0.4) is 0 Å². The second kappa shape index (κ2) is 8.64. The number of benzene rings is 1. The third kappa shape index (κ3) is 5.39. The highest BCUT2D eigenvalue weighted by atomic mass is 19.1. The summed E-state index contributed by atoms with van der Waals surface area (Å²) in [6, 6.07) is 5.52. The lowest BCUT2D eigenvalue weighted by atomic mass is 10.1. The number of rotatable bonds is 8. The van der Waals surface area contributed by atoms with Crippen molar-refractivity contribution >= 4 is 5.91 Å². The number of hydrogen-bond donors (Lipinski definition) is 1. The van der Waals surface area contributed by atoms with Crippen molar-refractivity contribution in [3.05, 3.63) is 35.6 Å². The van der Waals surface area contributed by atoms with Gasteiger partial charge in [-0.05, 0) is 30.7 Å². The lowest BCUT2D eigenvalue weighted by Gasteiger charge is -2.21. The Labute approximate surface area is 114 Å². The smallest absolute Gasteiger partial charge is 0.253 e. The SMILES string of the molecule is CCCCCCN(CCO)C(=O)c1ccc(F)cc1. The summed E-state index contributed by atoms with van der Waals surface area (Å²) in [5, 5.41) is 9.03. The summed E-state index contributed by atoms with van der Waals surface area (Å²) in [5.74, 6) is -0.501. The van der Waals surface area contributed by atoms with Gasteiger partial charge in [0.25, 0.3) is 5.91 Å². The molecule has 0 aliphatic carbocycles. The molecule has 0 fully saturated rings. The molecule has 0 saturated carbocycles. The van der Waals surface area contributed by atoms with E-state index in [-0.39, 0.29) is 18.3 Å². The maximum Gasteiger partial charge on any atom is 0.253 e. The van der Waals surface area contributed by atoms with Gasteiger partial charge in [-0.3, -0.25) is 4.79 Å². The van der Waals surface area contributed by atoms with E-state index in [1.165, 1.54) is 24.3 Å². The van der Waals surface area contributed by atoms with Gasteiger partial charge < -0.3 is 10.0 Å². The van der Waals surface area contributed by atoms with Crippen molar-refractivity contribution < 1.29 is 14.3 Å². The molecule has 0 bridgehead atoms. The van der Waals surface area contributed by atoms with Crippen molar-refractivity contribution in [2.75, 3.05) is 19.7 Å². The Morgan fingerprint density at radius 1 is 1.16 bits per heavy atom. The largest absolute Gasteiger partial charge is 0.395 e. The molecule has 4 heteroatoms. The first-order chi connectivity index (χ1) is 9.19. The fraction of sp³-hybridized carbons (Fsp3) is 0.533. The molecule has 1 rings (SSSR count). The Kier molecular flexibility index (Phi) is 7.11. The molecule has 0 spiro atoms. The average Bonchev–Trinajstić information content (AvgIpc) is 2.42. The Hall–Kier alpha value is -1.42. The number of carbonyl (C=O) groups is 1. The van der Waals surface area contributed by atoms with Gasteiger partial charge in [0, 0.05) is 18.7 Å². The van der Waals surface area contributed by atoms with E-state index in [4.69, 9.17) is 5.11 Å². The van der Waals surface area contributed by atoms with Gasteiger partial charge in [-0.15, -0.1) is 0 Å². The quantitative estimate of drug-likeness (QED) is 0.736. The van der Waals surface area contributed by atoms with E-state index in [1.54, 1.807) is 4.90 Å². The highest BCUT2D eigenvalue weighted by molar-refractivity contribution is 5.94. The van der Waals surface area contributed by atoms with Crippen LogP contribution in [0.5, 0.6) is 0 Å². The van der Waals surface area contributed by atoms with Gasteiger partial charge in [0.15, 0.2) is 0 Å². The zero-order chi connectivity index (χ0) is 14.1. The average molecular weight is 267 g/mol. The molecule has 3 nitrogen and oxygen atoms in total. The summed E-state index contributed by atoms with van der Waals surface area (Å²) < 4.78 is 12.8. The Morgan fingerprint density at radius 2 is 1.84 bits per heavy atom. The first kappa shape index (κ1) is 15.6. The molecule has 1 aromatic carbocycles. The predicted octanol–water partition coefficient (Wildman–Crippen LogP) is 2.84. The number of nitrogens with zero attached hydrogens (tertiary/aromatic N) is 1. The minimum absolute atomic E-state index is 0.0548. The van der Waals surface area contributed by atoms with Crippen molar-refractivity contribution in [1.29, 1.82) is 0 Å². The van der Waals surface area contributed by atoms with Gasteiger partial charge in [0.2, 0.25) is 0 Å². The zero-order valence-electron chi connectivity index (χ0n) is 11.4. The number of halogens is 1. The van der Waals surface area contributed by atoms with Crippen LogP contribution in [-0.4, -0.2) is 35.6 Å². The zero-order valence-corrected chi connectivity index (χ0v) is 11.4. The molecule has 1 N–H and O–H groups in total. The van der Waals surface area contributed by atoms with Crippen LogP contribution in [0.4, 0.5) is 4.39 Å². The van der Waals surface area contributed by atoms with Crippen LogP contribution >= 0.6 is 0 Å². The number of hydrogen-bond acceptors (Lipinski definition) is 2. The molecular weight excluding hydrogens is 245 g/mol. The van der Waals surface area contributed by atoms with E-state index in [9.17, 15) is 9.18 Å². The number of aliphatic hydroxyl groups is 1. The molecule has 0 aliphatic rings. The summed E-state index contributed by atoms with van der Waals surface area (Å²) in [5.41, 5.74) is 0.463. The van der Waals surface area contributed by atoms with E-state index < -0.39 is 0 Å². The summed E-state index contributed by atoms with van der Waals surface area (Å²) in [4.78, 5) is 13.8. The monoisotopic (exact) mass is 267 g/mol. The van der Waals surface area contributed by atoms with Crippen LogP contribution in [0.15, 0.2) is 24.3 Å². The van der Waals surface area contributed by atoms with Crippen LogP contribution in [0.2, 0.25) is 0 Å². The summed E-state index contributed by atoms with van der Waals surface area (Å²) in [7, 11) is 0. The number of aliphatic hydroxyl groups excluding tert-OH is 1. The summed E-state index contributed by atoms with van der Waals surface area (Å²) in [6.45, 7) is 3.04. The van der Waals surface area contributed by atoms with Crippen molar-refractivity contribution in [2.45, 2.75) is 32.6 Å². The Balaban J connectivity index is 2.58. The Bertz CT molecular complexity index is 378. The molecule has 0 aromatic heterocycles. The number of amides is 1. The lowest BCUT2D eigenvalue weighted by Crippen LogP contribution is -2.34. The summed E-state index contributed by atoms with van der Waals surface area (Å²) >= 11 is 0. The molecule has 0 heterocycles. The third-order valence-electron chi connectivity index (χ3n) is 3.03. The van der Waals surface area contributed by atoms with Gasteiger partial charge in [-0.1, -0.05) is 26.2 Å². The van der Waals surface area contributed by atoms with Crippen molar-refractivity contribution in [2.24, 2.45) is 0 Å². The third-order valence-corrected chi connectivity index (χ3v) is 3.03. The van der Waals surface area contributed by atoms with Crippen LogP contribution < -0.4 is 0 Å². The minimum atomic E-state index is -0.354. The second-order valence-electron chi connectivity index (χ2n) is 4.58. The molecule has 19 heavy (non-hydrogen) atoms. The van der Waals surface area contributed by atoms with Crippen molar-refractivity contribution in [3.63, 3.8) is 0 Å². The van der Waals surface area contributed by atoms with Crippen molar-refractivity contribution in [3.8, 4) is 0 Å². The molecule has 0 unspecified atom stereocenters. The molecular formula is C15H22FNO2. The second-order valence-corrected chi connectivity index (χ2v) is 4.58. The summed E-state index contributed by atoms with van der Waals surface area (Å²) in [6.07, 6.45) is 4.31. The van der Waals surface area contributed by atoms with Crippen LogP contribution in [0, 0.1) is 5.82 Å². The topological polar surface area (TPSA) is 40.5 Å². The first-order valence-electron chi connectivity index (χ1n) is 6.84. The molecule has 0 saturated heterocycles. The molecule has 1 amide bonds. The highest BCUT2D eigenvalue weighted by Gasteiger charge is 2.14. The number of unbranched alkanes of at least 4 members (excludes halogenated alkanes) is 3.